The number of nitrogens with one attached hydrogen (secondary N) is 1. The van der Waals surface area contributed by atoms with Crippen molar-refractivity contribution in [3.05, 3.63) is 47.5 Å². The van der Waals surface area contributed by atoms with Gasteiger partial charge in [-0.05, 0) is 73.4 Å². The summed E-state index contributed by atoms with van der Waals surface area (Å²) < 4.78 is 0. The number of hydrogen-bond acceptors (Lipinski definition) is 2. The molecule has 0 aromatic heterocycles. The van der Waals surface area contributed by atoms with E-state index in [0.717, 1.165) is 31.3 Å². The van der Waals surface area contributed by atoms with Gasteiger partial charge >= 0.3 is 0 Å². The number of hydrogen-bond donors (Lipinski definition) is 1. The van der Waals surface area contributed by atoms with Gasteiger partial charge in [0.25, 0.3) is 0 Å². The summed E-state index contributed by atoms with van der Waals surface area (Å²) in [7, 11) is 0. The molecule has 1 aromatic rings. The van der Waals surface area contributed by atoms with Crippen LogP contribution in [0, 0.1) is 28.6 Å². The fourth-order valence-electron chi connectivity index (χ4n) is 6.25. The lowest BCUT2D eigenvalue weighted by Crippen LogP contribution is -2.50. The topological polar surface area (TPSA) is 32.3 Å². The molecule has 1 heterocycles. The molecule has 2 saturated carbocycles. The molecule has 150 valence electrons. The molecule has 4 aliphatic carbocycles. The molecule has 2 bridgehead atoms. The number of benzene rings is 1. The number of likely N-dealkylation sites (tertiary alicyclic amines) is 1. The van der Waals surface area contributed by atoms with Crippen molar-refractivity contribution in [2.24, 2.45) is 28.6 Å². The largest absolute Gasteiger partial charge is 0.352 e. The van der Waals surface area contributed by atoms with Crippen molar-refractivity contribution in [1.82, 2.24) is 10.2 Å². The van der Waals surface area contributed by atoms with Crippen molar-refractivity contribution in [1.29, 1.82) is 0 Å². The van der Waals surface area contributed by atoms with E-state index in [1.54, 1.807) is 5.57 Å². The van der Waals surface area contributed by atoms with Crippen LogP contribution in [0.4, 0.5) is 0 Å². The first-order chi connectivity index (χ1) is 13.5. The lowest BCUT2D eigenvalue weighted by molar-refractivity contribution is -0.123. The van der Waals surface area contributed by atoms with E-state index in [0.29, 0.717) is 17.4 Å². The summed E-state index contributed by atoms with van der Waals surface area (Å²) in [6, 6.07) is 10.2. The lowest BCUT2D eigenvalue weighted by Gasteiger charge is -2.57. The SMILES string of the molecule is CC1(C)[C@H]2CC=C(CN3CCC4(CC3)CC4C(=O)NCc3ccccc3)[C@@H]1C2. The predicted octanol–water partition coefficient (Wildman–Crippen LogP) is 4.40. The zero-order valence-electron chi connectivity index (χ0n) is 17.4. The van der Waals surface area contributed by atoms with Crippen molar-refractivity contribution in [3.8, 4) is 0 Å². The van der Waals surface area contributed by atoms with Crippen LogP contribution in [0.3, 0.4) is 0 Å². The molecule has 1 N–H and O–H groups in total. The first kappa shape index (κ1) is 18.4. The van der Waals surface area contributed by atoms with Crippen LogP contribution in [0.1, 0.15) is 51.5 Å². The van der Waals surface area contributed by atoms with Gasteiger partial charge in [-0.25, -0.2) is 0 Å². The Balaban J connectivity index is 1.10. The maximum atomic E-state index is 12.6. The summed E-state index contributed by atoms with van der Waals surface area (Å²) in [6.07, 6.45) is 8.74. The molecule has 3 heteroatoms. The Labute approximate surface area is 169 Å². The van der Waals surface area contributed by atoms with Crippen LogP contribution in [-0.4, -0.2) is 30.4 Å². The second-order valence-corrected chi connectivity index (χ2v) is 10.4. The standard InChI is InChI=1S/C25H34N2O/c1-24(2)20-9-8-19(21(24)14-20)17-27-12-10-25(11-13-27)15-22(25)23(28)26-16-18-6-4-3-5-7-18/h3-8,20-22H,9-17H2,1-2H3,(H,26,28)/t20-,21-,22?/m0/s1. The molecule has 6 rings (SSSR count). The van der Waals surface area contributed by atoms with Gasteiger partial charge in [0.15, 0.2) is 0 Å². The first-order valence-corrected chi connectivity index (χ1v) is 11.2. The van der Waals surface area contributed by atoms with Crippen LogP contribution in [-0.2, 0) is 11.3 Å². The van der Waals surface area contributed by atoms with Gasteiger partial charge in [0, 0.05) is 19.0 Å². The quantitative estimate of drug-likeness (QED) is 0.771. The minimum atomic E-state index is 0.249. The molecule has 3 nitrogen and oxygen atoms in total. The predicted molar refractivity (Wildman–Crippen MR) is 113 cm³/mol. The molecular weight excluding hydrogens is 344 g/mol. The highest BCUT2D eigenvalue weighted by Crippen LogP contribution is 2.61. The van der Waals surface area contributed by atoms with Crippen LogP contribution in [0.25, 0.3) is 0 Å². The van der Waals surface area contributed by atoms with E-state index < -0.39 is 0 Å². The van der Waals surface area contributed by atoms with Crippen LogP contribution in [0.2, 0.25) is 0 Å². The highest BCUT2D eigenvalue weighted by atomic mass is 16.2. The Kier molecular flexibility index (Phi) is 4.42. The molecule has 1 aromatic carbocycles. The molecule has 3 atom stereocenters. The second-order valence-electron chi connectivity index (χ2n) is 10.4. The van der Waals surface area contributed by atoms with E-state index >= 15 is 0 Å². The number of allylic oxidation sites excluding steroid dienone is 1. The Morgan fingerprint density at radius 3 is 2.61 bits per heavy atom. The third kappa shape index (κ3) is 3.12. The molecule has 28 heavy (non-hydrogen) atoms. The normalized spacial score (nSPS) is 32.4. The zero-order chi connectivity index (χ0) is 19.4. The van der Waals surface area contributed by atoms with E-state index in [4.69, 9.17) is 0 Å². The van der Waals surface area contributed by atoms with E-state index in [1.807, 2.05) is 18.2 Å². The van der Waals surface area contributed by atoms with Crippen LogP contribution < -0.4 is 5.32 Å². The summed E-state index contributed by atoms with van der Waals surface area (Å²) in [4.78, 5) is 15.3. The van der Waals surface area contributed by atoms with Gasteiger partial charge in [0.05, 0.1) is 0 Å². The highest BCUT2D eigenvalue weighted by molar-refractivity contribution is 5.82. The summed E-state index contributed by atoms with van der Waals surface area (Å²) in [5.74, 6) is 2.26. The number of nitrogens with zero attached hydrogens (tertiary/aromatic N) is 1. The lowest BCUT2D eigenvalue weighted by atomic mass is 9.49. The monoisotopic (exact) mass is 378 g/mol. The number of amides is 1. The van der Waals surface area contributed by atoms with E-state index in [1.165, 1.54) is 37.8 Å². The summed E-state index contributed by atoms with van der Waals surface area (Å²) >= 11 is 0. The van der Waals surface area contributed by atoms with Crippen LogP contribution >= 0.6 is 0 Å². The Morgan fingerprint density at radius 2 is 1.93 bits per heavy atom. The number of piperidine rings is 1. The fraction of sp³-hybridized carbons (Fsp3) is 0.640. The van der Waals surface area contributed by atoms with Gasteiger partial charge in [0.2, 0.25) is 5.91 Å². The third-order valence-corrected chi connectivity index (χ3v) is 8.66. The fourth-order valence-corrected chi connectivity index (χ4v) is 6.25. The van der Waals surface area contributed by atoms with E-state index in [9.17, 15) is 4.79 Å². The van der Waals surface area contributed by atoms with Crippen molar-refractivity contribution in [2.45, 2.75) is 52.5 Å². The van der Waals surface area contributed by atoms with Crippen molar-refractivity contribution in [3.63, 3.8) is 0 Å². The molecule has 1 spiro atoms. The maximum Gasteiger partial charge on any atom is 0.223 e. The maximum absolute atomic E-state index is 12.6. The van der Waals surface area contributed by atoms with Gasteiger partial charge in [-0.2, -0.15) is 0 Å². The molecule has 1 unspecified atom stereocenters. The van der Waals surface area contributed by atoms with Crippen molar-refractivity contribution >= 4 is 5.91 Å². The number of fused-ring (bicyclic) bond motifs is 1. The van der Waals surface area contributed by atoms with Gasteiger partial charge in [0.1, 0.15) is 0 Å². The average molecular weight is 379 g/mol. The van der Waals surface area contributed by atoms with Crippen molar-refractivity contribution in [2.75, 3.05) is 19.6 Å². The van der Waals surface area contributed by atoms with E-state index in [2.05, 4.69) is 42.3 Å². The van der Waals surface area contributed by atoms with Crippen LogP contribution in [0.5, 0.6) is 0 Å². The minimum absolute atomic E-state index is 0.249. The molecule has 1 aliphatic heterocycles. The Hall–Kier alpha value is -1.61. The zero-order valence-corrected chi connectivity index (χ0v) is 17.4. The summed E-state index contributed by atoms with van der Waals surface area (Å²) in [6.45, 7) is 9.08. The summed E-state index contributed by atoms with van der Waals surface area (Å²) in [5, 5.41) is 3.17. The number of carbonyl (C=O) groups excluding carboxylic acids is 1. The average Bonchev–Trinajstić information content (AvgIpc) is 3.42. The minimum Gasteiger partial charge on any atom is -0.352 e. The highest BCUT2D eigenvalue weighted by Gasteiger charge is 2.58. The second kappa shape index (κ2) is 6.73. The van der Waals surface area contributed by atoms with Gasteiger partial charge < -0.3 is 5.32 Å². The smallest absolute Gasteiger partial charge is 0.223 e. The van der Waals surface area contributed by atoms with Crippen molar-refractivity contribution < 1.29 is 4.79 Å². The molecule has 1 saturated heterocycles. The third-order valence-electron chi connectivity index (χ3n) is 8.66. The van der Waals surface area contributed by atoms with E-state index in [-0.39, 0.29) is 11.8 Å². The van der Waals surface area contributed by atoms with Gasteiger partial charge in [-0.15, -0.1) is 0 Å². The Bertz CT molecular complexity index is 773. The molecular formula is C25H34N2O. The van der Waals surface area contributed by atoms with Gasteiger partial charge in [-0.3, -0.25) is 9.69 Å². The number of rotatable bonds is 5. The van der Waals surface area contributed by atoms with Crippen LogP contribution in [0.15, 0.2) is 42.0 Å². The Morgan fingerprint density at radius 1 is 1.18 bits per heavy atom. The molecule has 5 aliphatic rings. The van der Waals surface area contributed by atoms with Gasteiger partial charge in [-0.1, -0.05) is 55.8 Å². The number of carbonyl (C=O) groups is 1. The molecule has 0 radical (unpaired) electrons. The first-order valence-electron chi connectivity index (χ1n) is 11.2. The molecule has 3 fully saturated rings. The molecule has 1 amide bonds. The summed E-state index contributed by atoms with van der Waals surface area (Å²) in [5.41, 5.74) is 3.72.